The van der Waals surface area contributed by atoms with Gasteiger partial charge >= 0.3 is 6.18 Å². The molecular weight excluding hydrogens is 651 g/mol. The summed E-state index contributed by atoms with van der Waals surface area (Å²) in [5, 5.41) is 2.31. The molecule has 1 N–H and O–H groups in total. The molecule has 7 nitrogen and oxygen atoms in total. The number of rotatable bonds is 13. The van der Waals surface area contributed by atoms with Gasteiger partial charge in [-0.05, 0) is 54.8 Å². The molecule has 248 valence electrons. The van der Waals surface area contributed by atoms with E-state index in [-0.39, 0.29) is 23.9 Å². The highest BCUT2D eigenvalue weighted by molar-refractivity contribution is 7.92. The monoisotopic (exact) mass is 685 g/mol. The number of nitrogens with one attached hydrogen (secondary N) is 1. The number of alkyl halides is 3. The van der Waals surface area contributed by atoms with Crippen LogP contribution in [-0.4, -0.2) is 43.8 Å². The van der Waals surface area contributed by atoms with Gasteiger partial charge in [-0.1, -0.05) is 97.4 Å². The van der Waals surface area contributed by atoms with Crippen molar-refractivity contribution < 1.29 is 31.2 Å². The Kier molecular flexibility index (Phi) is 11.7. The minimum Gasteiger partial charge on any atom is -0.352 e. The van der Waals surface area contributed by atoms with Gasteiger partial charge in [-0.15, -0.1) is 0 Å². The molecule has 0 unspecified atom stereocenters. The number of anilines is 1. The molecule has 0 fully saturated rings. The standard InChI is InChI=1S/C35H35ClF3N3O4S/c1-3-25(2)40-34(44)32(21-26-13-7-4-8-14-26)41(23-27-15-9-5-10-16-27)33(43)24-42(47(45,46)29-17-11-6-12-18-29)28-19-20-31(36)30(22-28)35(37,38)39/h4-20,22,25,32H,3,21,23-24H2,1-2H3,(H,40,44)/t25-,32+/m0/s1. The predicted octanol–water partition coefficient (Wildman–Crippen LogP) is 7.11. The van der Waals surface area contributed by atoms with E-state index in [9.17, 15) is 31.2 Å². The van der Waals surface area contributed by atoms with E-state index in [1.807, 2.05) is 32.0 Å². The molecule has 0 saturated heterocycles. The Morgan fingerprint density at radius 1 is 0.851 bits per heavy atom. The first-order valence-electron chi connectivity index (χ1n) is 14.9. The molecule has 0 spiro atoms. The number of hydrogen-bond donors (Lipinski definition) is 1. The van der Waals surface area contributed by atoms with Crippen LogP contribution in [0.4, 0.5) is 18.9 Å². The summed E-state index contributed by atoms with van der Waals surface area (Å²) in [6.07, 6.45) is -4.17. The summed E-state index contributed by atoms with van der Waals surface area (Å²) >= 11 is 5.86. The van der Waals surface area contributed by atoms with Gasteiger partial charge in [0.25, 0.3) is 10.0 Å². The third-order valence-electron chi connectivity index (χ3n) is 7.62. The van der Waals surface area contributed by atoms with Crippen molar-refractivity contribution in [1.82, 2.24) is 10.2 Å². The molecule has 0 aromatic heterocycles. The number of halogens is 4. The van der Waals surface area contributed by atoms with Gasteiger partial charge in [-0.2, -0.15) is 13.2 Å². The highest BCUT2D eigenvalue weighted by Crippen LogP contribution is 2.38. The Labute approximate surface area is 278 Å². The summed E-state index contributed by atoms with van der Waals surface area (Å²) < 4.78 is 70.4. The number of amides is 2. The van der Waals surface area contributed by atoms with Crippen molar-refractivity contribution in [1.29, 1.82) is 0 Å². The van der Waals surface area contributed by atoms with Crippen LogP contribution in [0.1, 0.15) is 37.0 Å². The van der Waals surface area contributed by atoms with E-state index >= 15 is 0 Å². The van der Waals surface area contributed by atoms with Gasteiger partial charge < -0.3 is 10.2 Å². The Hall–Kier alpha value is -4.35. The Morgan fingerprint density at radius 3 is 1.96 bits per heavy atom. The van der Waals surface area contributed by atoms with Gasteiger partial charge in [0.2, 0.25) is 11.8 Å². The lowest BCUT2D eigenvalue weighted by Gasteiger charge is -2.34. The molecule has 12 heteroatoms. The zero-order valence-corrected chi connectivity index (χ0v) is 27.4. The molecule has 0 aliphatic heterocycles. The molecule has 0 radical (unpaired) electrons. The van der Waals surface area contributed by atoms with Crippen molar-refractivity contribution in [2.45, 2.75) is 56.4 Å². The topological polar surface area (TPSA) is 86.8 Å². The van der Waals surface area contributed by atoms with Crippen LogP contribution in [0.2, 0.25) is 5.02 Å². The molecule has 2 atom stereocenters. The molecular formula is C35H35ClF3N3O4S. The third kappa shape index (κ3) is 9.14. The summed E-state index contributed by atoms with van der Waals surface area (Å²) in [5.74, 6) is -1.24. The summed E-state index contributed by atoms with van der Waals surface area (Å²) in [4.78, 5) is 29.3. The van der Waals surface area contributed by atoms with Crippen LogP contribution >= 0.6 is 11.6 Å². The lowest BCUT2D eigenvalue weighted by atomic mass is 10.0. The number of nitrogens with zero attached hydrogens (tertiary/aromatic N) is 2. The highest BCUT2D eigenvalue weighted by atomic mass is 35.5. The van der Waals surface area contributed by atoms with E-state index in [2.05, 4.69) is 5.32 Å². The number of carbonyl (C=O) groups is 2. The average molecular weight is 686 g/mol. The maximum Gasteiger partial charge on any atom is 0.417 e. The lowest BCUT2D eigenvalue weighted by Crippen LogP contribution is -2.54. The van der Waals surface area contributed by atoms with Crippen LogP contribution in [0.5, 0.6) is 0 Å². The van der Waals surface area contributed by atoms with Crippen molar-refractivity contribution in [3.63, 3.8) is 0 Å². The van der Waals surface area contributed by atoms with Crippen LogP contribution in [0.25, 0.3) is 0 Å². The number of hydrogen-bond acceptors (Lipinski definition) is 4. The van der Waals surface area contributed by atoms with Crippen LogP contribution in [0.3, 0.4) is 0 Å². The van der Waals surface area contributed by atoms with Crippen LogP contribution in [0.15, 0.2) is 114 Å². The molecule has 2 amide bonds. The maximum atomic E-state index is 14.4. The van der Waals surface area contributed by atoms with E-state index < -0.39 is 56.9 Å². The molecule has 0 aliphatic carbocycles. The van der Waals surface area contributed by atoms with Gasteiger partial charge in [-0.25, -0.2) is 8.42 Å². The van der Waals surface area contributed by atoms with E-state index in [4.69, 9.17) is 11.6 Å². The molecule has 0 heterocycles. The SMILES string of the molecule is CC[C@H](C)NC(=O)[C@@H](Cc1ccccc1)N(Cc1ccccc1)C(=O)CN(c1ccc(Cl)c(C(F)(F)F)c1)S(=O)(=O)c1ccccc1. The Bertz CT molecular complexity index is 1760. The molecule has 0 saturated carbocycles. The van der Waals surface area contributed by atoms with Crippen LogP contribution in [-0.2, 0) is 38.8 Å². The molecule has 4 rings (SSSR count). The number of benzene rings is 4. The van der Waals surface area contributed by atoms with E-state index in [1.165, 1.54) is 29.2 Å². The summed E-state index contributed by atoms with van der Waals surface area (Å²) in [6.45, 7) is 2.76. The van der Waals surface area contributed by atoms with Crippen molar-refractivity contribution in [3.8, 4) is 0 Å². The lowest BCUT2D eigenvalue weighted by molar-refractivity contribution is -0.140. The van der Waals surface area contributed by atoms with Crippen molar-refractivity contribution >= 4 is 39.1 Å². The molecule has 4 aromatic rings. The first-order valence-corrected chi connectivity index (χ1v) is 16.7. The van der Waals surface area contributed by atoms with Gasteiger partial charge in [0, 0.05) is 19.0 Å². The summed E-state index contributed by atoms with van der Waals surface area (Å²) in [7, 11) is -4.58. The molecule has 4 aromatic carbocycles. The van der Waals surface area contributed by atoms with Crippen molar-refractivity contribution in [2.24, 2.45) is 0 Å². The third-order valence-corrected chi connectivity index (χ3v) is 9.74. The molecule has 47 heavy (non-hydrogen) atoms. The van der Waals surface area contributed by atoms with Gasteiger partial charge in [0.1, 0.15) is 12.6 Å². The van der Waals surface area contributed by atoms with Crippen molar-refractivity contribution in [3.05, 3.63) is 131 Å². The second-order valence-electron chi connectivity index (χ2n) is 11.0. The maximum absolute atomic E-state index is 14.4. The highest BCUT2D eigenvalue weighted by Gasteiger charge is 2.37. The second kappa shape index (κ2) is 15.5. The fourth-order valence-corrected chi connectivity index (χ4v) is 6.56. The fourth-order valence-electron chi connectivity index (χ4n) is 4.91. The van der Waals surface area contributed by atoms with Gasteiger partial charge in [0.15, 0.2) is 0 Å². The second-order valence-corrected chi connectivity index (χ2v) is 13.3. The average Bonchev–Trinajstić information content (AvgIpc) is 3.06. The van der Waals surface area contributed by atoms with Crippen LogP contribution in [0, 0.1) is 0 Å². The fraction of sp³-hybridized carbons (Fsp3) is 0.257. The summed E-state index contributed by atoms with van der Waals surface area (Å²) in [5.41, 5.74) is -0.252. The number of carbonyl (C=O) groups excluding carboxylic acids is 2. The predicted molar refractivity (Wildman–Crippen MR) is 176 cm³/mol. The van der Waals surface area contributed by atoms with E-state index in [1.54, 1.807) is 48.5 Å². The first kappa shape index (κ1) is 35.5. The van der Waals surface area contributed by atoms with Gasteiger partial charge in [-0.3, -0.25) is 13.9 Å². The molecule has 0 aliphatic rings. The quantitative estimate of drug-likeness (QED) is 0.163. The first-order chi connectivity index (χ1) is 22.3. The smallest absolute Gasteiger partial charge is 0.352 e. The zero-order valence-electron chi connectivity index (χ0n) is 25.8. The van der Waals surface area contributed by atoms with E-state index in [0.717, 1.165) is 17.7 Å². The largest absolute Gasteiger partial charge is 0.417 e. The molecule has 0 bridgehead atoms. The minimum absolute atomic E-state index is 0.0707. The Morgan fingerprint density at radius 2 is 1.40 bits per heavy atom. The van der Waals surface area contributed by atoms with Gasteiger partial charge in [0.05, 0.1) is 21.2 Å². The zero-order chi connectivity index (χ0) is 34.2. The number of sulfonamides is 1. The summed E-state index contributed by atoms with van der Waals surface area (Å²) in [6, 6.07) is 26.3. The van der Waals surface area contributed by atoms with E-state index in [0.29, 0.717) is 22.4 Å². The normalized spacial score (nSPS) is 13.0. The van der Waals surface area contributed by atoms with Crippen molar-refractivity contribution in [2.75, 3.05) is 10.8 Å². The Balaban J connectivity index is 1.85. The van der Waals surface area contributed by atoms with Crippen LogP contribution < -0.4 is 9.62 Å². The minimum atomic E-state index is -4.90.